The molecule has 2 amide bonds. The van der Waals surface area contributed by atoms with E-state index in [-0.39, 0.29) is 19.1 Å². The molecule has 3 aromatic carbocycles. The van der Waals surface area contributed by atoms with Crippen molar-refractivity contribution in [2.24, 2.45) is 5.92 Å². The van der Waals surface area contributed by atoms with Crippen LogP contribution in [0.15, 0.2) is 78.9 Å². The second kappa shape index (κ2) is 13.1. The molecule has 0 unspecified atom stereocenters. The van der Waals surface area contributed by atoms with E-state index in [1.807, 2.05) is 67.6 Å². The SMILES string of the molecule is C[C@@H](CC/C=C/C(=O)NO)[C@H](OC(=O)Nc1cccc2ccccc12)c1ccccc1OCCO. The number of nitrogens with one attached hydrogen (secondary N) is 2. The van der Waals surface area contributed by atoms with E-state index in [1.54, 1.807) is 17.6 Å². The Kier molecular flexibility index (Phi) is 9.65. The van der Waals surface area contributed by atoms with Gasteiger partial charge in [0, 0.05) is 17.0 Å². The van der Waals surface area contributed by atoms with Crippen LogP contribution in [0.3, 0.4) is 0 Å². The lowest BCUT2D eigenvalue weighted by Crippen LogP contribution is -2.23. The Morgan fingerprint density at radius 2 is 1.77 bits per heavy atom. The van der Waals surface area contributed by atoms with Gasteiger partial charge >= 0.3 is 6.09 Å². The van der Waals surface area contributed by atoms with E-state index in [0.29, 0.717) is 29.8 Å². The number of fused-ring (bicyclic) bond motifs is 1. The maximum atomic E-state index is 13.0. The molecule has 0 spiro atoms. The molecule has 0 radical (unpaired) electrons. The number of ether oxygens (including phenoxy) is 2. The molecule has 0 aliphatic heterocycles. The second-order valence-corrected chi connectivity index (χ2v) is 8.02. The molecule has 0 heterocycles. The lowest BCUT2D eigenvalue weighted by Gasteiger charge is -2.26. The highest BCUT2D eigenvalue weighted by molar-refractivity contribution is 6.00. The van der Waals surface area contributed by atoms with E-state index in [4.69, 9.17) is 14.7 Å². The molecule has 0 saturated heterocycles. The molecule has 184 valence electrons. The summed E-state index contributed by atoms with van der Waals surface area (Å²) in [4.78, 5) is 24.2. The number of carbonyl (C=O) groups is 2. The molecule has 8 heteroatoms. The molecule has 4 N–H and O–H groups in total. The highest BCUT2D eigenvalue weighted by Crippen LogP contribution is 2.36. The van der Waals surface area contributed by atoms with E-state index in [9.17, 15) is 14.7 Å². The Labute approximate surface area is 204 Å². The van der Waals surface area contributed by atoms with Crippen molar-refractivity contribution in [3.05, 3.63) is 84.4 Å². The second-order valence-electron chi connectivity index (χ2n) is 8.02. The number of anilines is 1. The van der Waals surface area contributed by atoms with E-state index in [2.05, 4.69) is 5.32 Å². The number of allylic oxidation sites excluding steroid dienone is 1. The van der Waals surface area contributed by atoms with Crippen molar-refractivity contribution in [2.45, 2.75) is 25.9 Å². The summed E-state index contributed by atoms with van der Waals surface area (Å²) in [7, 11) is 0. The van der Waals surface area contributed by atoms with Crippen molar-refractivity contribution >= 4 is 28.5 Å². The zero-order chi connectivity index (χ0) is 25.0. The minimum absolute atomic E-state index is 0.110. The van der Waals surface area contributed by atoms with Crippen molar-refractivity contribution in [1.29, 1.82) is 0 Å². The first-order chi connectivity index (χ1) is 17.0. The highest BCUT2D eigenvalue weighted by atomic mass is 16.6. The van der Waals surface area contributed by atoms with Crippen LogP contribution in [-0.4, -0.2) is 35.5 Å². The van der Waals surface area contributed by atoms with Gasteiger partial charge in [-0.2, -0.15) is 0 Å². The molecule has 0 fully saturated rings. The first kappa shape index (κ1) is 25.7. The largest absolute Gasteiger partial charge is 0.491 e. The number of amides is 2. The summed E-state index contributed by atoms with van der Waals surface area (Å²) in [5.41, 5.74) is 2.87. The van der Waals surface area contributed by atoms with Gasteiger partial charge in [0.2, 0.25) is 0 Å². The van der Waals surface area contributed by atoms with Crippen LogP contribution in [0.5, 0.6) is 5.75 Å². The van der Waals surface area contributed by atoms with Crippen molar-refractivity contribution in [3.8, 4) is 5.75 Å². The topological polar surface area (TPSA) is 117 Å². The van der Waals surface area contributed by atoms with Crippen molar-refractivity contribution in [2.75, 3.05) is 18.5 Å². The van der Waals surface area contributed by atoms with Gasteiger partial charge in [-0.15, -0.1) is 0 Å². The number of hydrogen-bond acceptors (Lipinski definition) is 6. The predicted octanol–water partition coefficient (Wildman–Crippen LogP) is 4.98. The van der Waals surface area contributed by atoms with Gasteiger partial charge in [-0.1, -0.05) is 67.6 Å². The van der Waals surface area contributed by atoms with Gasteiger partial charge in [0.25, 0.3) is 5.91 Å². The first-order valence-corrected chi connectivity index (χ1v) is 11.4. The monoisotopic (exact) mass is 478 g/mol. The summed E-state index contributed by atoms with van der Waals surface area (Å²) >= 11 is 0. The van der Waals surface area contributed by atoms with E-state index < -0.39 is 18.1 Å². The van der Waals surface area contributed by atoms with Gasteiger partial charge in [-0.3, -0.25) is 15.3 Å². The van der Waals surface area contributed by atoms with Crippen molar-refractivity contribution in [1.82, 2.24) is 5.48 Å². The zero-order valence-corrected chi connectivity index (χ0v) is 19.5. The minimum atomic E-state index is -0.653. The quantitative estimate of drug-likeness (QED) is 0.175. The summed E-state index contributed by atoms with van der Waals surface area (Å²) in [6, 6.07) is 20.6. The number of aliphatic hydroxyl groups excluding tert-OH is 1. The maximum Gasteiger partial charge on any atom is 0.412 e. The zero-order valence-electron chi connectivity index (χ0n) is 19.5. The Balaban J connectivity index is 1.81. The van der Waals surface area contributed by atoms with Crippen LogP contribution < -0.4 is 15.5 Å². The van der Waals surface area contributed by atoms with E-state index >= 15 is 0 Å². The average molecular weight is 479 g/mol. The lowest BCUT2D eigenvalue weighted by atomic mass is 9.92. The van der Waals surface area contributed by atoms with Crippen LogP contribution in [0.25, 0.3) is 10.8 Å². The Hall–Kier alpha value is -3.88. The number of carbonyl (C=O) groups excluding carboxylic acids is 2. The van der Waals surface area contributed by atoms with Gasteiger partial charge in [0.05, 0.1) is 12.3 Å². The summed E-state index contributed by atoms with van der Waals surface area (Å²) < 4.78 is 11.6. The molecule has 0 aliphatic carbocycles. The summed E-state index contributed by atoms with van der Waals surface area (Å²) in [5.74, 6) is -0.233. The van der Waals surface area contributed by atoms with Crippen LogP contribution in [0.4, 0.5) is 10.5 Å². The third kappa shape index (κ3) is 7.30. The molecule has 0 aromatic heterocycles. The molecule has 0 bridgehead atoms. The van der Waals surface area contributed by atoms with Crippen LogP contribution in [-0.2, 0) is 9.53 Å². The Morgan fingerprint density at radius 3 is 2.57 bits per heavy atom. The molecular weight excluding hydrogens is 448 g/mol. The van der Waals surface area contributed by atoms with Crippen molar-refractivity contribution in [3.63, 3.8) is 0 Å². The van der Waals surface area contributed by atoms with Gasteiger partial charge < -0.3 is 14.6 Å². The van der Waals surface area contributed by atoms with Gasteiger partial charge in [0.15, 0.2) is 0 Å². The van der Waals surface area contributed by atoms with Crippen LogP contribution in [0.2, 0.25) is 0 Å². The summed E-state index contributed by atoms with van der Waals surface area (Å²) in [6.45, 7) is 1.91. The van der Waals surface area contributed by atoms with Crippen molar-refractivity contribution < 1.29 is 29.4 Å². The first-order valence-electron chi connectivity index (χ1n) is 11.4. The number of para-hydroxylation sites is 1. The standard InChI is InChI=1S/C27H30N2O6/c1-19(9-2-7-16-25(31)29-33)26(22-13-5-6-15-24(22)34-18-17-30)35-27(32)28-23-14-8-11-20-10-3-4-12-21(20)23/h3-8,10-16,19,26,30,33H,2,9,17-18H2,1H3,(H,28,32)(H,29,31)/b16-7+/t19-,26-/m0/s1. The number of aliphatic hydroxyl groups is 1. The minimum Gasteiger partial charge on any atom is -0.491 e. The fourth-order valence-electron chi connectivity index (χ4n) is 3.82. The number of hydrogen-bond donors (Lipinski definition) is 4. The number of benzene rings is 3. The summed E-state index contributed by atoms with van der Waals surface area (Å²) in [5, 5.41) is 22.6. The van der Waals surface area contributed by atoms with Gasteiger partial charge in [-0.05, 0) is 36.3 Å². The Bertz CT molecular complexity index is 1160. The molecule has 35 heavy (non-hydrogen) atoms. The van der Waals surface area contributed by atoms with Crippen LogP contribution in [0.1, 0.15) is 31.4 Å². The fraction of sp³-hybridized carbons (Fsp3) is 0.259. The Morgan fingerprint density at radius 1 is 1.03 bits per heavy atom. The molecule has 2 atom stereocenters. The third-order valence-corrected chi connectivity index (χ3v) is 5.52. The third-order valence-electron chi connectivity index (χ3n) is 5.52. The number of hydroxylamine groups is 1. The molecule has 8 nitrogen and oxygen atoms in total. The highest BCUT2D eigenvalue weighted by Gasteiger charge is 2.26. The average Bonchev–Trinajstić information content (AvgIpc) is 2.88. The molecule has 0 aliphatic rings. The van der Waals surface area contributed by atoms with Crippen LogP contribution in [0, 0.1) is 5.92 Å². The fourth-order valence-corrected chi connectivity index (χ4v) is 3.82. The lowest BCUT2D eigenvalue weighted by molar-refractivity contribution is -0.124. The van der Waals surface area contributed by atoms with Crippen LogP contribution >= 0.6 is 0 Å². The predicted molar refractivity (Wildman–Crippen MR) is 133 cm³/mol. The molecule has 3 aromatic rings. The van der Waals surface area contributed by atoms with Gasteiger partial charge in [-0.25, -0.2) is 10.3 Å². The normalized spacial score (nSPS) is 12.8. The smallest absolute Gasteiger partial charge is 0.412 e. The molecular formula is C27H30N2O6. The molecule has 0 saturated carbocycles. The number of rotatable bonds is 11. The van der Waals surface area contributed by atoms with Gasteiger partial charge in [0.1, 0.15) is 18.5 Å². The van der Waals surface area contributed by atoms with E-state index in [0.717, 1.165) is 10.8 Å². The van der Waals surface area contributed by atoms with E-state index in [1.165, 1.54) is 6.08 Å². The molecule has 3 rings (SSSR count). The summed E-state index contributed by atoms with van der Waals surface area (Å²) in [6.07, 6.45) is 2.75. The maximum absolute atomic E-state index is 13.0.